The first-order valence-electron chi connectivity index (χ1n) is 5.47. The van der Waals surface area contributed by atoms with Crippen LogP contribution in [0.1, 0.15) is 17.3 Å². The Labute approximate surface area is 119 Å². The van der Waals surface area contributed by atoms with Crippen molar-refractivity contribution >= 4 is 34.9 Å². The van der Waals surface area contributed by atoms with Crippen LogP contribution >= 0.6 is 23.2 Å². The molecule has 0 aliphatic heterocycles. The number of hydrogen-bond acceptors (Lipinski definition) is 4. The third-order valence-corrected chi connectivity index (χ3v) is 2.91. The molecule has 0 fully saturated rings. The highest BCUT2D eigenvalue weighted by atomic mass is 35.5. The Kier molecular flexibility index (Phi) is 3.92. The van der Waals surface area contributed by atoms with Crippen LogP contribution in [0.15, 0.2) is 18.5 Å². The summed E-state index contributed by atoms with van der Waals surface area (Å²) in [5, 5.41) is 7.75. The first-order chi connectivity index (χ1) is 9.02. The maximum Gasteiger partial charge on any atom is 0.251 e. The van der Waals surface area contributed by atoms with Gasteiger partial charge in [0.2, 0.25) is 0 Å². The molecule has 2 rings (SSSR count). The molecule has 0 bridgehead atoms. The number of nitrogens with two attached hydrogens (primary N) is 1. The van der Waals surface area contributed by atoms with E-state index >= 15 is 0 Å². The van der Waals surface area contributed by atoms with Gasteiger partial charge >= 0.3 is 0 Å². The SMILES string of the molecule is CCNc1nc(-n2cc(C(N)=O)cn2)c(Cl)cc1Cl. The van der Waals surface area contributed by atoms with Crippen molar-refractivity contribution in [2.24, 2.45) is 5.73 Å². The van der Waals surface area contributed by atoms with Gasteiger partial charge in [-0.3, -0.25) is 4.79 Å². The fraction of sp³-hybridized carbons (Fsp3) is 0.182. The van der Waals surface area contributed by atoms with Crippen molar-refractivity contribution in [2.75, 3.05) is 11.9 Å². The number of anilines is 1. The van der Waals surface area contributed by atoms with E-state index in [0.717, 1.165) is 0 Å². The number of rotatable bonds is 4. The second kappa shape index (κ2) is 5.46. The highest BCUT2D eigenvalue weighted by Crippen LogP contribution is 2.28. The molecule has 8 heteroatoms. The highest BCUT2D eigenvalue weighted by Gasteiger charge is 2.13. The number of nitrogens with one attached hydrogen (secondary N) is 1. The molecule has 2 heterocycles. The molecule has 2 aromatic heterocycles. The maximum atomic E-state index is 11.0. The van der Waals surface area contributed by atoms with Crippen molar-refractivity contribution in [3.05, 3.63) is 34.1 Å². The normalized spacial score (nSPS) is 10.5. The van der Waals surface area contributed by atoms with Crippen molar-refractivity contribution in [1.29, 1.82) is 0 Å². The second-order valence-electron chi connectivity index (χ2n) is 3.69. The van der Waals surface area contributed by atoms with Gasteiger partial charge in [-0.2, -0.15) is 5.10 Å². The van der Waals surface area contributed by atoms with E-state index in [1.54, 1.807) is 6.07 Å². The molecule has 6 nitrogen and oxygen atoms in total. The fourth-order valence-electron chi connectivity index (χ4n) is 1.47. The summed E-state index contributed by atoms with van der Waals surface area (Å²) in [6.45, 7) is 2.59. The molecule has 0 unspecified atom stereocenters. The Balaban J connectivity index is 2.48. The summed E-state index contributed by atoms with van der Waals surface area (Å²) in [5.74, 6) is 0.303. The number of primary amides is 1. The second-order valence-corrected chi connectivity index (χ2v) is 4.51. The van der Waals surface area contributed by atoms with E-state index < -0.39 is 5.91 Å². The van der Waals surface area contributed by atoms with Crippen molar-refractivity contribution in [3.8, 4) is 5.82 Å². The summed E-state index contributed by atoms with van der Waals surface area (Å²) in [6, 6.07) is 1.56. The highest BCUT2D eigenvalue weighted by molar-refractivity contribution is 6.36. The predicted molar refractivity (Wildman–Crippen MR) is 74.1 cm³/mol. The standard InChI is InChI=1S/C11H11Cl2N5O/c1-2-15-10-7(12)3-8(13)11(17-10)18-5-6(4-16-18)9(14)19/h3-5H,2H2,1H3,(H2,14,19)(H,15,17). The lowest BCUT2D eigenvalue weighted by Crippen LogP contribution is -2.10. The van der Waals surface area contributed by atoms with Gasteiger partial charge in [0.15, 0.2) is 5.82 Å². The largest absolute Gasteiger partial charge is 0.369 e. The van der Waals surface area contributed by atoms with E-state index in [4.69, 9.17) is 28.9 Å². The Morgan fingerprint density at radius 1 is 1.47 bits per heavy atom. The molecule has 0 atom stereocenters. The Morgan fingerprint density at radius 2 is 2.21 bits per heavy atom. The van der Waals surface area contributed by atoms with Crippen molar-refractivity contribution in [3.63, 3.8) is 0 Å². The minimum absolute atomic E-state index is 0.276. The van der Waals surface area contributed by atoms with Gasteiger partial charge in [0, 0.05) is 12.7 Å². The third kappa shape index (κ3) is 2.80. The van der Waals surface area contributed by atoms with Crippen molar-refractivity contribution in [1.82, 2.24) is 14.8 Å². The summed E-state index contributed by atoms with van der Waals surface area (Å²) < 4.78 is 1.37. The monoisotopic (exact) mass is 299 g/mol. The van der Waals surface area contributed by atoms with E-state index in [1.165, 1.54) is 17.1 Å². The number of carbonyl (C=O) groups excluding carboxylic acids is 1. The fourth-order valence-corrected chi connectivity index (χ4v) is 1.99. The Hall–Kier alpha value is -1.79. The number of nitrogens with zero attached hydrogens (tertiary/aromatic N) is 3. The number of amides is 1. The Morgan fingerprint density at radius 3 is 2.79 bits per heavy atom. The minimum Gasteiger partial charge on any atom is -0.369 e. The van der Waals surface area contributed by atoms with Crippen LogP contribution in [0.3, 0.4) is 0 Å². The zero-order valence-corrected chi connectivity index (χ0v) is 11.5. The summed E-state index contributed by atoms with van der Waals surface area (Å²) in [6.07, 6.45) is 2.81. The summed E-state index contributed by atoms with van der Waals surface area (Å²) in [4.78, 5) is 15.3. The van der Waals surface area contributed by atoms with Gasteiger partial charge in [-0.15, -0.1) is 0 Å². The first-order valence-corrected chi connectivity index (χ1v) is 6.23. The van der Waals surface area contributed by atoms with Crippen LogP contribution in [0.4, 0.5) is 5.82 Å². The van der Waals surface area contributed by atoms with E-state index in [2.05, 4.69) is 15.4 Å². The van der Waals surface area contributed by atoms with Gasteiger partial charge in [0.05, 0.1) is 21.8 Å². The first kappa shape index (κ1) is 13.6. The molecule has 0 saturated heterocycles. The van der Waals surface area contributed by atoms with E-state index in [-0.39, 0.29) is 5.56 Å². The molecular formula is C11H11Cl2N5O. The average Bonchev–Trinajstić information content (AvgIpc) is 2.82. The maximum absolute atomic E-state index is 11.0. The predicted octanol–water partition coefficient (Wildman–Crippen LogP) is 2.10. The molecular weight excluding hydrogens is 289 g/mol. The van der Waals surface area contributed by atoms with Gasteiger partial charge in [0.25, 0.3) is 5.91 Å². The van der Waals surface area contributed by atoms with Crippen LogP contribution in [0, 0.1) is 0 Å². The summed E-state index contributed by atoms with van der Waals surface area (Å²) in [5.41, 5.74) is 5.44. The van der Waals surface area contributed by atoms with Crippen molar-refractivity contribution in [2.45, 2.75) is 6.92 Å². The van der Waals surface area contributed by atoms with Crippen LogP contribution in [0.25, 0.3) is 5.82 Å². The van der Waals surface area contributed by atoms with Gasteiger partial charge in [-0.1, -0.05) is 23.2 Å². The summed E-state index contributed by atoms with van der Waals surface area (Å²) in [7, 11) is 0. The average molecular weight is 300 g/mol. The smallest absolute Gasteiger partial charge is 0.251 e. The Bertz CT molecular complexity index is 626. The molecule has 1 amide bonds. The van der Waals surface area contributed by atoms with Crippen molar-refractivity contribution < 1.29 is 4.79 Å². The zero-order valence-electron chi connectivity index (χ0n) is 10.0. The topological polar surface area (TPSA) is 85.8 Å². The van der Waals surface area contributed by atoms with Gasteiger partial charge < -0.3 is 11.1 Å². The van der Waals surface area contributed by atoms with Crippen LogP contribution in [0.5, 0.6) is 0 Å². The molecule has 2 aromatic rings. The lowest BCUT2D eigenvalue weighted by molar-refractivity contribution is 0.100. The molecule has 19 heavy (non-hydrogen) atoms. The van der Waals surface area contributed by atoms with Gasteiger partial charge in [0.1, 0.15) is 5.82 Å². The van der Waals surface area contributed by atoms with Crippen LogP contribution in [-0.4, -0.2) is 27.2 Å². The van der Waals surface area contributed by atoms with Gasteiger partial charge in [-0.25, -0.2) is 9.67 Å². The molecule has 0 saturated carbocycles. The molecule has 100 valence electrons. The molecule has 0 spiro atoms. The number of carbonyl (C=O) groups is 1. The number of hydrogen-bond donors (Lipinski definition) is 2. The molecule has 0 aliphatic carbocycles. The quantitative estimate of drug-likeness (QED) is 0.905. The van der Waals surface area contributed by atoms with E-state index in [0.29, 0.717) is 28.2 Å². The summed E-state index contributed by atoms with van der Waals surface area (Å²) >= 11 is 12.1. The molecule has 0 aliphatic rings. The van der Waals surface area contributed by atoms with E-state index in [9.17, 15) is 4.79 Å². The van der Waals surface area contributed by atoms with E-state index in [1.807, 2.05) is 6.92 Å². The number of pyridine rings is 1. The van der Waals surface area contributed by atoms with Crippen LogP contribution in [0.2, 0.25) is 10.0 Å². The van der Waals surface area contributed by atoms with Gasteiger partial charge in [-0.05, 0) is 13.0 Å². The molecule has 0 radical (unpaired) electrons. The number of aromatic nitrogens is 3. The van der Waals surface area contributed by atoms with Crippen LogP contribution < -0.4 is 11.1 Å². The lowest BCUT2D eigenvalue weighted by atomic mass is 10.3. The zero-order chi connectivity index (χ0) is 14.0. The lowest BCUT2D eigenvalue weighted by Gasteiger charge is -2.09. The third-order valence-electron chi connectivity index (χ3n) is 2.34. The minimum atomic E-state index is -0.566. The molecule has 0 aromatic carbocycles. The van der Waals surface area contributed by atoms with Crippen LogP contribution in [-0.2, 0) is 0 Å². The molecule has 3 N–H and O–H groups in total. The number of halogens is 2.